The first-order chi connectivity index (χ1) is 7.05. The third-order valence-corrected chi connectivity index (χ3v) is 3.18. The predicted octanol–water partition coefficient (Wildman–Crippen LogP) is 1.16. The second kappa shape index (κ2) is 3.73. The molecule has 0 aliphatic heterocycles. The molecule has 0 aromatic carbocycles. The molecule has 15 heavy (non-hydrogen) atoms. The fraction of sp³-hybridized carbons (Fsp3) is 0.500. The first-order valence-corrected chi connectivity index (χ1v) is 5.51. The summed E-state index contributed by atoms with van der Waals surface area (Å²) in [6.07, 6.45) is 2.47. The Morgan fingerprint density at radius 1 is 1.67 bits per heavy atom. The van der Waals surface area contributed by atoms with Crippen LogP contribution in [0.4, 0.5) is 0 Å². The number of nitrogens with two attached hydrogens (primary N) is 1. The smallest absolute Gasteiger partial charge is 0.218 e. The van der Waals surface area contributed by atoms with Crippen LogP contribution in [0.3, 0.4) is 0 Å². The summed E-state index contributed by atoms with van der Waals surface area (Å²) in [5.41, 5.74) is 6.51. The van der Waals surface area contributed by atoms with E-state index in [0.717, 1.165) is 10.0 Å². The quantitative estimate of drug-likeness (QED) is 0.848. The lowest BCUT2D eigenvalue weighted by molar-refractivity contribution is 0.0195. The minimum absolute atomic E-state index is 0.307. The first-order valence-electron chi connectivity index (χ1n) is 4.72. The molecule has 1 saturated carbocycles. The molecule has 0 unspecified atom stereocenters. The van der Waals surface area contributed by atoms with Crippen molar-refractivity contribution < 1.29 is 9.84 Å². The van der Waals surface area contributed by atoms with Crippen molar-refractivity contribution in [3.8, 4) is 5.88 Å². The molecule has 2 rings (SSSR count). The number of nitrogens with zero attached hydrogens (tertiary/aromatic N) is 1. The fourth-order valence-corrected chi connectivity index (χ4v) is 2.28. The summed E-state index contributed by atoms with van der Waals surface area (Å²) < 4.78 is 6.03. The van der Waals surface area contributed by atoms with Gasteiger partial charge in [0.1, 0.15) is 0 Å². The maximum atomic E-state index is 9.32. The average molecular weight is 273 g/mol. The van der Waals surface area contributed by atoms with Gasteiger partial charge in [0.15, 0.2) is 0 Å². The van der Waals surface area contributed by atoms with E-state index in [1.54, 1.807) is 13.3 Å². The van der Waals surface area contributed by atoms with E-state index in [9.17, 15) is 5.11 Å². The average Bonchev–Trinajstić information content (AvgIpc) is 2.15. The molecular formula is C10H13BrN2O2. The van der Waals surface area contributed by atoms with Crippen LogP contribution in [-0.4, -0.2) is 23.3 Å². The molecule has 1 aliphatic rings. The van der Waals surface area contributed by atoms with Crippen molar-refractivity contribution in [1.82, 2.24) is 4.98 Å². The molecule has 4 nitrogen and oxygen atoms in total. The SMILES string of the molecule is COc1ncc(Br)cc1C1(N)CC(O)C1. The number of methoxy groups -OCH3 is 1. The van der Waals surface area contributed by atoms with Gasteiger partial charge in [-0.3, -0.25) is 0 Å². The molecule has 3 N–H and O–H groups in total. The molecule has 1 aromatic rings. The highest BCUT2D eigenvalue weighted by Gasteiger charge is 2.43. The molecule has 0 atom stereocenters. The van der Waals surface area contributed by atoms with Crippen LogP contribution in [0.2, 0.25) is 0 Å². The Balaban J connectivity index is 2.38. The number of pyridine rings is 1. The van der Waals surface area contributed by atoms with Gasteiger partial charge in [-0.15, -0.1) is 0 Å². The van der Waals surface area contributed by atoms with Gasteiger partial charge in [0.25, 0.3) is 0 Å². The van der Waals surface area contributed by atoms with Crippen LogP contribution in [0.1, 0.15) is 18.4 Å². The van der Waals surface area contributed by atoms with Gasteiger partial charge < -0.3 is 15.6 Å². The van der Waals surface area contributed by atoms with Crippen LogP contribution in [0.25, 0.3) is 0 Å². The first kappa shape index (κ1) is 10.9. The molecule has 0 saturated heterocycles. The molecule has 82 valence electrons. The van der Waals surface area contributed by atoms with E-state index in [2.05, 4.69) is 20.9 Å². The Bertz CT molecular complexity index is 378. The summed E-state index contributed by atoms with van der Waals surface area (Å²) in [5, 5.41) is 9.32. The van der Waals surface area contributed by atoms with E-state index < -0.39 is 5.54 Å². The molecule has 1 heterocycles. The minimum Gasteiger partial charge on any atom is -0.481 e. The summed E-state index contributed by atoms with van der Waals surface area (Å²) in [4.78, 5) is 4.14. The number of halogens is 1. The monoisotopic (exact) mass is 272 g/mol. The number of ether oxygens (including phenoxy) is 1. The van der Waals surface area contributed by atoms with Gasteiger partial charge in [-0.05, 0) is 34.8 Å². The number of rotatable bonds is 2. The Kier molecular flexibility index (Phi) is 2.70. The van der Waals surface area contributed by atoms with Gasteiger partial charge in [0, 0.05) is 16.2 Å². The number of aliphatic hydroxyl groups is 1. The van der Waals surface area contributed by atoms with Gasteiger partial charge in [-0.25, -0.2) is 4.98 Å². The van der Waals surface area contributed by atoms with Gasteiger partial charge in [0.2, 0.25) is 5.88 Å². The third kappa shape index (κ3) is 1.87. The van der Waals surface area contributed by atoms with Crippen molar-refractivity contribution in [2.45, 2.75) is 24.5 Å². The lowest BCUT2D eigenvalue weighted by Crippen LogP contribution is -2.51. The lowest BCUT2D eigenvalue weighted by atomic mass is 9.71. The molecule has 5 heteroatoms. The summed E-state index contributed by atoms with van der Waals surface area (Å²) in [6.45, 7) is 0. The topological polar surface area (TPSA) is 68.4 Å². The molecule has 0 spiro atoms. The highest BCUT2D eigenvalue weighted by Crippen LogP contribution is 2.42. The molecule has 1 fully saturated rings. The zero-order valence-electron chi connectivity index (χ0n) is 8.40. The molecule has 1 aliphatic carbocycles. The van der Waals surface area contributed by atoms with E-state index in [1.807, 2.05) is 6.07 Å². The second-order valence-corrected chi connectivity index (χ2v) is 4.84. The molecule has 1 aromatic heterocycles. The Hall–Kier alpha value is -0.650. The van der Waals surface area contributed by atoms with Crippen LogP contribution in [0, 0.1) is 0 Å². The van der Waals surface area contributed by atoms with Gasteiger partial charge >= 0.3 is 0 Å². The Morgan fingerprint density at radius 2 is 2.33 bits per heavy atom. The lowest BCUT2D eigenvalue weighted by Gasteiger charge is -2.42. The summed E-state index contributed by atoms with van der Waals surface area (Å²) in [5.74, 6) is 0.535. The highest BCUT2D eigenvalue weighted by atomic mass is 79.9. The maximum Gasteiger partial charge on any atom is 0.218 e. The standard InChI is InChI=1S/C10H13BrN2O2/c1-15-9-8(2-6(11)5-13-9)10(12)3-7(14)4-10/h2,5,7,14H,3-4,12H2,1H3. The van der Waals surface area contributed by atoms with Crippen LogP contribution in [0.5, 0.6) is 5.88 Å². The van der Waals surface area contributed by atoms with Crippen LogP contribution in [0.15, 0.2) is 16.7 Å². The zero-order chi connectivity index (χ0) is 11.1. The number of hydrogen-bond acceptors (Lipinski definition) is 4. The summed E-state index contributed by atoms with van der Waals surface area (Å²) >= 11 is 3.35. The Labute approximate surface area is 96.6 Å². The van der Waals surface area contributed by atoms with Crippen molar-refractivity contribution in [3.63, 3.8) is 0 Å². The van der Waals surface area contributed by atoms with Gasteiger partial charge in [-0.1, -0.05) is 0 Å². The van der Waals surface area contributed by atoms with Crippen molar-refractivity contribution in [3.05, 3.63) is 22.3 Å². The van der Waals surface area contributed by atoms with Crippen molar-refractivity contribution in [2.24, 2.45) is 5.73 Å². The second-order valence-electron chi connectivity index (χ2n) is 3.93. The van der Waals surface area contributed by atoms with E-state index in [1.165, 1.54) is 0 Å². The summed E-state index contributed by atoms with van der Waals surface area (Å²) in [6, 6.07) is 1.90. The van der Waals surface area contributed by atoms with Crippen LogP contribution >= 0.6 is 15.9 Å². The van der Waals surface area contributed by atoms with E-state index >= 15 is 0 Å². The molecule has 0 amide bonds. The van der Waals surface area contributed by atoms with E-state index in [4.69, 9.17) is 10.5 Å². The molecule has 0 radical (unpaired) electrons. The van der Waals surface area contributed by atoms with E-state index in [0.29, 0.717) is 18.7 Å². The number of aliphatic hydroxyl groups excluding tert-OH is 1. The third-order valence-electron chi connectivity index (χ3n) is 2.75. The maximum absolute atomic E-state index is 9.32. The van der Waals surface area contributed by atoms with Gasteiger partial charge in [0.05, 0.1) is 18.8 Å². The van der Waals surface area contributed by atoms with Crippen molar-refractivity contribution in [1.29, 1.82) is 0 Å². The van der Waals surface area contributed by atoms with Gasteiger partial charge in [-0.2, -0.15) is 0 Å². The number of aromatic nitrogens is 1. The normalized spacial score (nSPS) is 29.7. The highest BCUT2D eigenvalue weighted by molar-refractivity contribution is 9.10. The Morgan fingerprint density at radius 3 is 2.87 bits per heavy atom. The van der Waals surface area contributed by atoms with E-state index in [-0.39, 0.29) is 6.10 Å². The van der Waals surface area contributed by atoms with Crippen LogP contribution in [-0.2, 0) is 5.54 Å². The molecule has 0 bridgehead atoms. The summed E-state index contributed by atoms with van der Waals surface area (Å²) in [7, 11) is 1.57. The van der Waals surface area contributed by atoms with Crippen molar-refractivity contribution >= 4 is 15.9 Å². The number of hydrogen-bond donors (Lipinski definition) is 2. The van der Waals surface area contributed by atoms with Crippen LogP contribution < -0.4 is 10.5 Å². The predicted molar refractivity (Wildman–Crippen MR) is 59.6 cm³/mol. The molecular weight excluding hydrogens is 260 g/mol. The fourth-order valence-electron chi connectivity index (χ4n) is 1.95. The zero-order valence-corrected chi connectivity index (χ0v) is 9.99. The van der Waals surface area contributed by atoms with Crippen molar-refractivity contribution in [2.75, 3.05) is 7.11 Å². The minimum atomic E-state index is -0.498. The largest absolute Gasteiger partial charge is 0.481 e.